The van der Waals surface area contributed by atoms with Crippen LogP contribution in [0, 0.1) is 5.82 Å². The van der Waals surface area contributed by atoms with Crippen LogP contribution in [-0.2, 0) is 9.59 Å². The fourth-order valence-corrected chi connectivity index (χ4v) is 3.64. The third kappa shape index (κ3) is 3.66. The van der Waals surface area contributed by atoms with E-state index in [9.17, 15) is 14.0 Å². The van der Waals surface area contributed by atoms with Gasteiger partial charge >= 0.3 is 11.8 Å². The topological polar surface area (TPSA) is 81.0 Å². The summed E-state index contributed by atoms with van der Waals surface area (Å²) in [5.74, 6) is -1.90. The standard InChI is InChI=1S/C20H20FN5O2/c21-15-7-6-14(12-18(15)25-9-1-2-10-25)23-19(27)20(28)24-16-4-3-5-17(16)26-11-8-22-13-26/h1-2,6-13,16-17H,3-5H2,(H,23,27)(H,24,28)/t16-,17+/m0/s1. The molecule has 7 nitrogen and oxygen atoms in total. The fraction of sp³-hybridized carbons (Fsp3) is 0.250. The van der Waals surface area contributed by atoms with E-state index in [-0.39, 0.29) is 12.1 Å². The number of rotatable bonds is 4. The predicted molar refractivity (Wildman–Crippen MR) is 101 cm³/mol. The molecule has 0 saturated heterocycles. The van der Waals surface area contributed by atoms with Gasteiger partial charge in [-0.1, -0.05) is 0 Å². The zero-order chi connectivity index (χ0) is 19.5. The minimum absolute atomic E-state index is 0.0883. The van der Waals surface area contributed by atoms with Crippen molar-refractivity contribution in [2.75, 3.05) is 5.32 Å². The van der Waals surface area contributed by atoms with Gasteiger partial charge in [0, 0.05) is 30.5 Å². The summed E-state index contributed by atoms with van der Waals surface area (Å²) in [7, 11) is 0. The monoisotopic (exact) mass is 381 g/mol. The van der Waals surface area contributed by atoms with E-state index < -0.39 is 17.6 Å². The molecule has 4 rings (SSSR count). The first-order valence-corrected chi connectivity index (χ1v) is 9.14. The quantitative estimate of drug-likeness (QED) is 0.682. The molecule has 8 heteroatoms. The Morgan fingerprint density at radius 1 is 1.11 bits per heavy atom. The van der Waals surface area contributed by atoms with Crippen molar-refractivity contribution in [3.63, 3.8) is 0 Å². The first kappa shape index (κ1) is 18.0. The second-order valence-electron chi connectivity index (χ2n) is 6.80. The number of carbonyl (C=O) groups excluding carboxylic acids is 2. The summed E-state index contributed by atoms with van der Waals surface area (Å²) in [5.41, 5.74) is 0.641. The number of aromatic nitrogens is 3. The summed E-state index contributed by atoms with van der Waals surface area (Å²) < 4.78 is 17.6. The third-order valence-corrected chi connectivity index (χ3v) is 5.00. The van der Waals surface area contributed by atoms with Crippen LogP contribution < -0.4 is 10.6 Å². The number of benzene rings is 1. The zero-order valence-corrected chi connectivity index (χ0v) is 15.1. The highest BCUT2D eigenvalue weighted by Gasteiger charge is 2.31. The highest BCUT2D eigenvalue weighted by molar-refractivity contribution is 6.39. The van der Waals surface area contributed by atoms with Crippen LogP contribution in [0.5, 0.6) is 0 Å². The van der Waals surface area contributed by atoms with Crippen molar-refractivity contribution in [2.24, 2.45) is 0 Å². The molecule has 1 aliphatic rings. The van der Waals surface area contributed by atoms with Gasteiger partial charge in [0.2, 0.25) is 0 Å². The van der Waals surface area contributed by atoms with Crippen LogP contribution in [-0.4, -0.2) is 32.0 Å². The van der Waals surface area contributed by atoms with Gasteiger partial charge in [-0.25, -0.2) is 9.37 Å². The van der Waals surface area contributed by atoms with Gasteiger partial charge < -0.3 is 19.8 Å². The van der Waals surface area contributed by atoms with Crippen molar-refractivity contribution in [3.8, 4) is 5.69 Å². The molecule has 1 aromatic carbocycles. The van der Waals surface area contributed by atoms with Crippen LogP contribution in [0.2, 0.25) is 0 Å². The molecule has 144 valence electrons. The maximum atomic E-state index is 14.1. The number of hydrogen-bond donors (Lipinski definition) is 2. The molecule has 1 fully saturated rings. The summed E-state index contributed by atoms with van der Waals surface area (Å²) in [6.07, 6.45) is 11.4. The smallest absolute Gasteiger partial charge is 0.313 e. The number of imidazole rings is 1. The minimum Gasteiger partial charge on any atom is -0.343 e. The average molecular weight is 381 g/mol. The van der Waals surface area contributed by atoms with E-state index in [4.69, 9.17) is 0 Å². The molecule has 2 amide bonds. The van der Waals surface area contributed by atoms with Gasteiger partial charge in [0.05, 0.1) is 24.1 Å². The maximum absolute atomic E-state index is 14.1. The lowest BCUT2D eigenvalue weighted by molar-refractivity contribution is -0.136. The number of hydrogen-bond acceptors (Lipinski definition) is 3. The van der Waals surface area contributed by atoms with Crippen molar-refractivity contribution in [1.29, 1.82) is 0 Å². The van der Waals surface area contributed by atoms with Gasteiger partial charge in [-0.15, -0.1) is 0 Å². The summed E-state index contributed by atoms with van der Waals surface area (Å²) in [6, 6.07) is 7.69. The summed E-state index contributed by atoms with van der Waals surface area (Å²) in [6.45, 7) is 0. The normalized spacial score (nSPS) is 18.8. The van der Waals surface area contributed by atoms with Crippen molar-refractivity contribution < 1.29 is 14.0 Å². The molecule has 1 saturated carbocycles. The zero-order valence-electron chi connectivity index (χ0n) is 15.1. The Labute approximate surface area is 161 Å². The number of halogens is 1. The van der Waals surface area contributed by atoms with E-state index >= 15 is 0 Å². The lowest BCUT2D eigenvalue weighted by atomic mass is 10.1. The SMILES string of the molecule is O=C(Nc1ccc(F)c(-n2cccc2)c1)C(=O)N[C@H]1CCC[C@H]1n1ccnc1. The molecule has 2 N–H and O–H groups in total. The highest BCUT2D eigenvalue weighted by Crippen LogP contribution is 2.29. The average Bonchev–Trinajstić information content (AvgIpc) is 3.45. The molecule has 2 aromatic heterocycles. The van der Waals surface area contributed by atoms with E-state index in [0.29, 0.717) is 11.4 Å². The van der Waals surface area contributed by atoms with Gasteiger partial charge in [0.1, 0.15) is 5.82 Å². The van der Waals surface area contributed by atoms with Gasteiger partial charge in [-0.05, 0) is 49.6 Å². The Kier molecular flexibility index (Phi) is 4.92. The molecule has 0 bridgehead atoms. The number of nitrogens with one attached hydrogen (secondary N) is 2. The lowest BCUT2D eigenvalue weighted by Crippen LogP contribution is -2.43. The predicted octanol–water partition coefficient (Wildman–Crippen LogP) is 2.66. The lowest BCUT2D eigenvalue weighted by Gasteiger charge is -2.21. The Bertz CT molecular complexity index is 969. The highest BCUT2D eigenvalue weighted by atomic mass is 19.1. The molecule has 2 atom stereocenters. The third-order valence-electron chi connectivity index (χ3n) is 5.00. The molecule has 0 radical (unpaired) electrons. The van der Waals surface area contributed by atoms with E-state index in [1.54, 1.807) is 41.6 Å². The largest absolute Gasteiger partial charge is 0.343 e. The molecular weight excluding hydrogens is 361 g/mol. The Hall–Kier alpha value is -3.42. The molecule has 2 heterocycles. The molecule has 1 aliphatic carbocycles. The van der Waals surface area contributed by atoms with E-state index in [1.807, 2.05) is 10.8 Å². The fourth-order valence-electron chi connectivity index (χ4n) is 3.64. The molecular formula is C20H20FN5O2. The molecule has 0 spiro atoms. The van der Waals surface area contributed by atoms with E-state index in [1.165, 1.54) is 18.2 Å². The summed E-state index contributed by atoms with van der Waals surface area (Å²) in [5, 5.41) is 5.36. The summed E-state index contributed by atoms with van der Waals surface area (Å²) in [4.78, 5) is 28.8. The Morgan fingerprint density at radius 3 is 2.68 bits per heavy atom. The van der Waals surface area contributed by atoms with Crippen molar-refractivity contribution in [1.82, 2.24) is 19.4 Å². The van der Waals surface area contributed by atoms with Gasteiger partial charge in [0.25, 0.3) is 0 Å². The first-order chi connectivity index (χ1) is 13.6. The van der Waals surface area contributed by atoms with E-state index in [2.05, 4.69) is 15.6 Å². The van der Waals surface area contributed by atoms with Crippen LogP contribution in [0.4, 0.5) is 10.1 Å². The van der Waals surface area contributed by atoms with Crippen LogP contribution in [0.25, 0.3) is 5.69 Å². The van der Waals surface area contributed by atoms with Crippen molar-refractivity contribution in [2.45, 2.75) is 31.3 Å². The van der Waals surface area contributed by atoms with Crippen molar-refractivity contribution in [3.05, 3.63) is 67.3 Å². The van der Waals surface area contributed by atoms with Crippen LogP contribution in [0.15, 0.2) is 61.4 Å². The first-order valence-electron chi connectivity index (χ1n) is 9.14. The molecule has 3 aromatic rings. The second kappa shape index (κ2) is 7.67. The molecule has 0 unspecified atom stereocenters. The molecule has 28 heavy (non-hydrogen) atoms. The number of anilines is 1. The summed E-state index contributed by atoms with van der Waals surface area (Å²) >= 11 is 0. The second-order valence-corrected chi connectivity index (χ2v) is 6.80. The van der Waals surface area contributed by atoms with Crippen LogP contribution in [0.3, 0.4) is 0 Å². The Morgan fingerprint density at radius 2 is 1.93 bits per heavy atom. The minimum atomic E-state index is -0.777. The molecule has 0 aliphatic heterocycles. The van der Waals surface area contributed by atoms with E-state index in [0.717, 1.165) is 19.3 Å². The number of carbonyl (C=O) groups is 2. The van der Waals surface area contributed by atoms with Crippen molar-refractivity contribution >= 4 is 17.5 Å². The van der Waals surface area contributed by atoms with Crippen LogP contribution >= 0.6 is 0 Å². The Balaban J connectivity index is 1.42. The van der Waals surface area contributed by atoms with Gasteiger partial charge in [-0.3, -0.25) is 9.59 Å². The van der Waals surface area contributed by atoms with Gasteiger partial charge in [0.15, 0.2) is 0 Å². The number of amides is 2. The van der Waals surface area contributed by atoms with Crippen LogP contribution in [0.1, 0.15) is 25.3 Å². The maximum Gasteiger partial charge on any atom is 0.313 e. The van der Waals surface area contributed by atoms with Gasteiger partial charge in [-0.2, -0.15) is 0 Å². The number of nitrogens with zero attached hydrogens (tertiary/aromatic N) is 3.